The number of alkyl halides is 3. The van der Waals surface area contributed by atoms with Crippen LogP contribution in [0.5, 0.6) is 0 Å². The van der Waals surface area contributed by atoms with Gasteiger partial charge in [0.2, 0.25) is 0 Å². The number of nitrogens with zero attached hydrogens (tertiary/aromatic N) is 1. The molecule has 0 unspecified atom stereocenters. The van der Waals surface area contributed by atoms with Crippen LogP contribution in [0.3, 0.4) is 0 Å². The average molecular weight is 323 g/mol. The molecule has 2 rings (SSSR count). The van der Waals surface area contributed by atoms with E-state index in [1.165, 1.54) is 0 Å². The van der Waals surface area contributed by atoms with E-state index in [4.69, 9.17) is 0 Å². The molecule has 0 bridgehead atoms. The Hall–Kier alpha value is -0.780. The molecule has 1 aliphatic rings. The van der Waals surface area contributed by atoms with Gasteiger partial charge in [-0.1, -0.05) is 29.8 Å². The smallest absolute Gasteiger partial charge is 0.314 e. The van der Waals surface area contributed by atoms with E-state index in [0.29, 0.717) is 0 Å². The van der Waals surface area contributed by atoms with Gasteiger partial charge in [-0.2, -0.15) is 13.2 Å². The second kappa shape index (κ2) is 8.01. The molecule has 1 aromatic carbocycles. The molecule has 0 radical (unpaired) electrons. The Morgan fingerprint density at radius 1 is 1.14 bits per heavy atom. The van der Waals surface area contributed by atoms with E-state index in [1.54, 1.807) is 0 Å². The molecule has 0 saturated carbocycles. The molecule has 0 amide bonds. The van der Waals surface area contributed by atoms with Gasteiger partial charge in [0.1, 0.15) is 0 Å². The molecular weight excluding hydrogens is 301 g/mol. The molecule has 21 heavy (non-hydrogen) atoms. The van der Waals surface area contributed by atoms with Crippen molar-refractivity contribution in [1.82, 2.24) is 10.2 Å². The summed E-state index contributed by atoms with van der Waals surface area (Å²) in [7, 11) is 0. The summed E-state index contributed by atoms with van der Waals surface area (Å²) in [5, 5.41) is 3.24. The first-order chi connectivity index (χ1) is 9.46. The maximum atomic E-state index is 12.5. The zero-order chi connectivity index (χ0) is 14.6. The van der Waals surface area contributed by atoms with E-state index in [2.05, 4.69) is 10.2 Å². The van der Waals surface area contributed by atoms with Crippen LogP contribution in [0.4, 0.5) is 13.2 Å². The second-order valence-electron chi connectivity index (χ2n) is 5.37. The minimum Gasteiger partial charge on any atom is -0.314 e. The number of nitrogens with one attached hydrogen (secondary N) is 1. The molecule has 1 aromatic rings. The predicted octanol–water partition coefficient (Wildman–Crippen LogP) is 3.71. The Labute approximate surface area is 130 Å². The predicted molar refractivity (Wildman–Crippen MR) is 80.9 cm³/mol. The molecule has 0 aliphatic carbocycles. The van der Waals surface area contributed by atoms with Gasteiger partial charge < -0.3 is 5.32 Å². The van der Waals surface area contributed by atoms with Crippen LogP contribution < -0.4 is 5.32 Å². The molecule has 2 nitrogen and oxygen atoms in total. The monoisotopic (exact) mass is 322 g/mol. The topological polar surface area (TPSA) is 15.3 Å². The first-order valence-corrected chi connectivity index (χ1v) is 7.04. The van der Waals surface area contributed by atoms with E-state index in [9.17, 15) is 13.2 Å². The lowest BCUT2D eigenvalue weighted by atomic mass is 9.98. The fourth-order valence-corrected chi connectivity index (χ4v) is 2.64. The summed E-state index contributed by atoms with van der Waals surface area (Å²) < 4.78 is 37.6. The molecule has 120 valence electrons. The Morgan fingerprint density at radius 2 is 1.71 bits per heavy atom. The first kappa shape index (κ1) is 18.3. The third-order valence-corrected chi connectivity index (χ3v) is 3.76. The highest BCUT2D eigenvalue weighted by atomic mass is 35.5. The van der Waals surface area contributed by atoms with Gasteiger partial charge in [-0.3, -0.25) is 4.90 Å². The summed E-state index contributed by atoms with van der Waals surface area (Å²) >= 11 is 0. The molecule has 6 heteroatoms. The standard InChI is InChI=1S/C15H21F3N2.ClH/c1-12-2-4-13(5-3-12)14(6-7-15(16,17)18)20-10-8-19-9-11-20;/h2-5,14,19H,6-11H2,1H3;1H/t14-;/m1./s1. The SMILES string of the molecule is Cc1ccc([C@@H](CCC(F)(F)F)N2CCNCC2)cc1.Cl. The number of aryl methyl sites for hydroxylation is 1. The normalized spacial score (nSPS) is 18.1. The van der Waals surface area contributed by atoms with Crippen LogP contribution in [0.15, 0.2) is 24.3 Å². The molecule has 1 atom stereocenters. The van der Waals surface area contributed by atoms with E-state index < -0.39 is 12.6 Å². The Morgan fingerprint density at radius 3 is 2.24 bits per heavy atom. The number of hydrogen-bond donors (Lipinski definition) is 1. The van der Waals surface area contributed by atoms with Gasteiger partial charge in [0.05, 0.1) is 0 Å². The van der Waals surface area contributed by atoms with Crippen LogP contribution >= 0.6 is 12.4 Å². The molecule has 0 spiro atoms. The Bertz CT molecular complexity index is 414. The molecule has 1 aliphatic heterocycles. The fraction of sp³-hybridized carbons (Fsp3) is 0.600. The zero-order valence-electron chi connectivity index (χ0n) is 12.1. The van der Waals surface area contributed by atoms with Gasteiger partial charge in [-0.25, -0.2) is 0 Å². The Balaban J connectivity index is 0.00000220. The van der Waals surface area contributed by atoms with Crippen molar-refractivity contribution in [2.45, 2.75) is 32.0 Å². The minimum absolute atomic E-state index is 0. The first-order valence-electron chi connectivity index (χ1n) is 7.04. The number of hydrogen-bond acceptors (Lipinski definition) is 2. The molecule has 0 aromatic heterocycles. The molecule has 1 saturated heterocycles. The van der Waals surface area contributed by atoms with E-state index in [-0.39, 0.29) is 24.9 Å². The van der Waals surface area contributed by atoms with Crippen LogP contribution in [-0.4, -0.2) is 37.3 Å². The largest absolute Gasteiger partial charge is 0.389 e. The summed E-state index contributed by atoms with van der Waals surface area (Å²) in [6.07, 6.45) is -4.68. The van der Waals surface area contributed by atoms with Crippen LogP contribution in [0.2, 0.25) is 0 Å². The van der Waals surface area contributed by atoms with E-state index in [1.807, 2.05) is 31.2 Å². The van der Waals surface area contributed by atoms with Gasteiger partial charge in [0, 0.05) is 38.6 Å². The van der Waals surface area contributed by atoms with Gasteiger partial charge >= 0.3 is 6.18 Å². The average Bonchev–Trinajstić information content (AvgIpc) is 2.41. The van der Waals surface area contributed by atoms with Crippen LogP contribution in [-0.2, 0) is 0 Å². The summed E-state index contributed by atoms with van der Waals surface area (Å²) in [6.45, 7) is 5.27. The van der Waals surface area contributed by atoms with Crippen molar-refractivity contribution >= 4 is 12.4 Å². The maximum Gasteiger partial charge on any atom is 0.389 e. The van der Waals surface area contributed by atoms with Gasteiger partial charge in [0.25, 0.3) is 0 Å². The Kier molecular flexibility index (Phi) is 6.97. The highest BCUT2D eigenvalue weighted by Crippen LogP contribution is 2.31. The highest BCUT2D eigenvalue weighted by Gasteiger charge is 2.31. The van der Waals surface area contributed by atoms with Crippen molar-refractivity contribution in [3.63, 3.8) is 0 Å². The van der Waals surface area contributed by atoms with Crippen LogP contribution in [0, 0.1) is 6.92 Å². The third-order valence-electron chi connectivity index (χ3n) is 3.76. The quantitative estimate of drug-likeness (QED) is 0.909. The summed E-state index contributed by atoms with van der Waals surface area (Å²) in [5.74, 6) is 0. The van der Waals surface area contributed by atoms with E-state index >= 15 is 0 Å². The van der Waals surface area contributed by atoms with Crippen molar-refractivity contribution in [3.8, 4) is 0 Å². The van der Waals surface area contributed by atoms with Crippen molar-refractivity contribution in [2.24, 2.45) is 0 Å². The van der Waals surface area contributed by atoms with E-state index in [0.717, 1.165) is 37.3 Å². The number of halogens is 4. The van der Waals surface area contributed by atoms with Gasteiger partial charge in [-0.15, -0.1) is 12.4 Å². The number of rotatable bonds is 4. The lowest BCUT2D eigenvalue weighted by molar-refractivity contribution is -0.138. The number of piperazine rings is 1. The molecular formula is C15H22ClF3N2. The minimum atomic E-state index is -4.09. The van der Waals surface area contributed by atoms with Gasteiger partial charge in [-0.05, 0) is 18.9 Å². The summed E-state index contributed by atoms with van der Waals surface area (Å²) in [4.78, 5) is 2.16. The van der Waals surface area contributed by atoms with Crippen molar-refractivity contribution < 1.29 is 13.2 Å². The van der Waals surface area contributed by atoms with Crippen molar-refractivity contribution in [2.75, 3.05) is 26.2 Å². The third kappa shape index (κ3) is 5.85. The zero-order valence-corrected chi connectivity index (χ0v) is 12.9. The van der Waals surface area contributed by atoms with Crippen molar-refractivity contribution in [1.29, 1.82) is 0 Å². The van der Waals surface area contributed by atoms with Gasteiger partial charge in [0.15, 0.2) is 0 Å². The van der Waals surface area contributed by atoms with Crippen LogP contribution in [0.25, 0.3) is 0 Å². The highest BCUT2D eigenvalue weighted by molar-refractivity contribution is 5.85. The fourth-order valence-electron chi connectivity index (χ4n) is 2.64. The molecule has 1 fully saturated rings. The molecule has 1 N–H and O–H groups in total. The second-order valence-corrected chi connectivity index (χ2v) is 5.37. The van der Waals surface area contributed by atoms with Crippen LogP contribution in [0.1, 0.15) is 30.0 Å². The lowest BCUT2D eigenvalue weighted by Crippen LogP contribution is -2.45. The summed E-state index contributed by atoms with van der Waals surface area (Å²) in [6, 6.07) is 7.71. The maximum absolute atomic E-state index is 12.5. The molecule has 1 heterocycles. The summed E-state index contributed by atoms with van der Waals surface area (Å²) in [5.41, 5.74) is 2.12. The number of benzene rings is 1. The lowest BCUT2D eigenvalue weighted by Gasteiger charge is -2.35. The van der Waals surface area contributed by atoms with Crippen molar-refractivity contribution in [3.05, 3.63) is 35.4 Å².